The maximum atomic E-state index is 6.53. The fraction of sp³-hybridized carbons (Fsp3) is 0.0926. The zero-order valence-electron chi connectivity index (χ0n) is 32.3. The highest BCUT2D eigenvalue weighted by molar-refractivity contribution is 6.18. The molecule has 2 aromatic heterocycles. The van der Waals surface area contributed by atoms with Gasteiger partial charge in [-0.05, 0) is 103 Å². The van der Waals surface area contributed by atoms with Crippen LogP contribution in [0.5, 0.6) is 0 Å². The number of benzene rings is 8. The molecule has 0 amide bonds. The van der Waals surface area contributed by atoms with Crippen LogP contribution in [0.1, 0.15) is 37.8 Å². The fourth-order valence-corrected chi connectivity index (χ4v) is 9.72. The van der Waals surface area contributed by atoms with E-state index >= 15 is 0 Å². The lowest BCUT2D eigenvalue weighted by Gasteiger charge is -2.25. The summed E-state index contributed by atoms with van der Waals surface area (Å²) in [6.45, 7) is 4.71. The zero-order valence-corrected chi connectivity index (χ0v) is 32.3. The number of allylic oxidation sites excluding steroid dienone is 4. The van der Waals surface area contributed by atoms with Crippen LogP contribution >= 0.6 is 0 Å². The van der Waals surface area contributed by atoms with Gasteiger partial charge in [0.2, 0.25) is 0 Å². The summed E-state index contributed by atoms with van der Waals surface area (Å²) in [6, 6.07) is 54.1. The smallest absolute Gasteiger partial charge is 0.164 e. The van der Waals surface area contributed by atoms with Crippen molar-refractivity contribution in [3.05, 3.63) is 181 Å². The first-order valence-corrected chi connectivity index (χ1v) is 20.2. The van der Waals surface area contributed by atoms with Gasteiger partial charge in [-0.3, -0.25) is 0 Å². The lowest BCUT2D eigenvalue weighted by Crippen LogP contribution is -2.17. The van der Waals surface area contributed by atoms with E-state index in [0.29, 0.717) is 17.5 Å². The maximum absolute atomic E-state index is 6.53. The second kappa shape index (κ2) is 12.4. The van der Waals surface area contributed by atoms with Crippen LogP contribution in [-0.4, -0.2) is 15.0 Å². The molecule has 0 saturated heterocycles. The van der Waals surface area contributed by atoms with Crippen molar-refractivity contribution in [1.29, 1.82) is 0 Å². The molecule has 2 heterocycles. The normalized spacial score (nSPS) is 14.6. The molecule has 4 heteroatoms. The Hall–Kier alpha value is -7.17. The van der Waals surface area contributed by atoms with Crippen molar-refractivity contribution in [3.63, 3.8) is 0 Å². The third kappa shape index (κ3) is 4.98. The van der Waals surface area contributed by atoms with Crippen molar-refractivity contribution >= 4 is 59.8 Å². The first-order chi connectivity index (χ1) is 28.5. The molecule has 58 heavy (non-hydrogen) atoms. The van der Waals surface area contributed by atoms with Gasteiger partial charge in [-0.1, -0.05) is 153 Å². The molecule has 10 aromatic rings. The van der Waals surface area contributed by atoms with Gasteiger partial charge in [0.05, 0.1) is 0 Å². The highest BCUT2D eigenvalue weighted by Gasteiger charge is 2.37. The van der Waals surface area contributed by atoms with Crippen molar-refractivity contribution in [1.82, 2.24) is 15.0 Å². The topological polar surface area (TPSA) is 51.8 Å². The molecule has 0 bridgehead atoms. The summed E-state index contributed by atoms with van der Waals surface area (Å²) < 4.78 is 6.53. The minimum atomic E-state index is 0.000809. The number of rotatable bonds is 4. The molecule has 0 saturated carbocycles. The third-order valence-electron chi connectivity index (χ3n) is 12.6. The number of hydrogen-bond acceptors (Lipinski definition) is 4. The Bertz CT molecular complexity index is 3420. The predicted octanol–water partition coefficient (Wildman–Crippen LogP) is 14.3. The fourth-order valence-electron chi connectivity index (χ4n) is 9.72. The van der Waals surface area contributed by atoms with E-state index in [-0.39, 0.29) is 5.41 Å². The lowest BCUT2D eigenvalue weighted by molar-refractivity contribution is 0.607. The Kier molecular flexibility index (Phi) is 7.07. The van der Waals surface area contributed by atoms with Gasteiger partial charge in [0.1, 0.15) is 11.2 Å². The minimum absolute atomic E-state index is 0.000809. The van der Waals surface area contributed by atoms with E-state index < -0.39 is 0 Å². The van der Waals surface area contributed by atoms with Gasteiger partial charge in [-0.15, -0.1) is 0 Å². The summed E-state index contributed by atoms with van der Waals surface area (Å²) in [5, 5.41) is 9.58. The van der Waals surface area contributed by atoms with Crippen LogP contribution in [0.4, 0.5) is 0 Å². The Morgan fingerprint density at radius 3 is 2.07 bits per heavy atom. The molecule has 274 valence electrons. The highest BCUT2D eigenvalue weighted by atomic mass is 16.3. The van der Waals surface area contributed by atoms with E-state index in [2.05, 4.69) is 147 Å². The van der Waals surface area contributed by atoms with Crippen LogP contribution in [-0.2, 0) is 5.41 Å². The van der Waals surface area contributed by atoms with Crippen molar-refractivity contribution < 1.29 is 4.42 Å². The van der Waals surface area contributed by atoms with Gasteiger partial charge in [0, 0.05) is 32.9 Å². The lowest BCUT2D eigenvalue weighted by atomic mass is 9.78. The molecule has 0 atom stereocenters. The van der Waals surface area contributed by atoms with Crippen LogP contribution in [0.3, 0.4) is 0 Å². The van der Waals surface area contributed by atoms with Gasteiger partial charge >= 0.3 is 0 Å². The Labute approximate surface area is 335 Å². The molecule has 4 nitrogen and oxygen atoms in total. The van der Waals surface area contributed by atoms with Crippen LogP contribution in [0.15, 0.2) is 174 Å². The molecule has 0 fully saturated rings. The predicted molar refractivity (Wildman–Crippen MR) is 240 cm³/mol. The standard InChI is InChI=1S/C54H37N3O/c1-54(2)46-17-9-8-15-42(46)44-31-37(22-27-47(44)54)52-55-51(33-12-4-3-5-13-33)56-53(57-52)43-16-10-18-49-50(43)45-30-35(23-28-48(45)58-49)34-20-24-39-36(29-34)21-26-40-38-14-7-6-11-32(38)19-25-41(39)40/h3-8,10-16,18-31H,9,17H2,1-2H3. The number of hydrogen-bond donors (Lipinski definition) is 0. The van der Waals surface area contributed by atoms with Gasteiger partial charge in [0.15, 0.2) is 17.5 Å². The summed E-state index contributed by atoms with van der Waals surface area (Å²) >= 11 is 0. The van der Waals surface area contributed by atoms with E-state index in [9.17, 15) is 0 Å². The van der Waals surface area contributed by atoms with Crippen LogP contribution < -0.4 is 0 Å². The molecule has 2 aliphatic carbocycles. The van der Waals surface area contributed by atoms with E-state index in [4.69, 9.17) is 19.4 Å². The van der Waals surface area contributed by atoms with Crippen molar-refractivity contribution in [2.75, 3.05) is 0 Å². The molecule has 2 aliphatic rings. The Morgan fingerprint density at radius 1 is 0.483 bits per heavy atom. The molecule has 12 rings (SSSR count). The SMILES string of the molecule is CC1(C)C2=C(C=CCC2)c2cc(-c3nc(-c4ccccc4)nc(-c4cccc5oc6ccc(-c7ccc8c(ccc9c%10ccccc%10ccc89)c7)cc6c45)n3)ccc21. The quantitative estimate of drug-likeness (QED) is 0.168. The van der Waals surface area contributed by atoms with Gasteiger partial charge in [-0.2, -0.15) is 0 Å². The van der Waals surface area contributed by atoms with E-state index in [1.165, 1.54) is 54.6 Å². The number of furan rings is 1. The molecule has 0 N–H and O–H groups in total. The van der Waals surface area contributed by atoms with Crippen LogP contribution in [0.25, 0.3) is 105 Å². The van der Waals surface area contributed by atoms with Gasteiger partial charge in [-0.25, -0.2) is 15.0 Å². The molecule has 0 spiro atoms. The Balaban J connectivity index is 1.01. The summed E-state index contributed by atoms with van der Waals surface area (Å²) in [5.41, 5.74) is 12.3. The average Bonchev–Trinajstić information content (AvgIpc) is 3.77. The summed E-state index contributed by atoms with van der Waals surface area (Å²) in [5.74, 6) is 1.91. The second-order valence-electron chi connectivity index (χ2n) is 16.3. The van der Waals surface area contributed by atoms with Crippen LogP contribution in [0, 0.1) is 0 Å². The van der Waals surface area contributed by atoms with Gasteiger partial charge in [0.25, 0.3) is 0 Å². The molecule has 0 unspecified atom stereocenters. The van der Waals surface area contributed by atoms with Crippen molar-refractivity contribution in [3.8, 4) is 45.3 Å². The first-order valence-electron chi connectivity index (χ1n) is 20.2. The molecule has 0 radical (unpaired) electrons. The van der Waals surface area contributed by atoms with Gasteiger partial charge < -0.3 is 4.42 Å². The minimum Gasteiger partial charge on any atom is -0.456 e. The summed E-state index contributed by atoms with van der Waals surface area (Å²) in [6.07, 6.45) is 6.80. The monoisotopic (exact) mass is 743 g/mol. The largest absolute Gasteiger partial charge is 0.456 e. The van der Waals surface area contributed by atoms with E-state index in [1.54, 1.807) is 0 Å². The zero-order chi connectivity index (χ0) is 38.5. The highest BCUT2D eigenvalue weighted by Crippen LogP contribution is 2.51. The van der Waals surface area contributed by atoms with Crippen LogP contribution in [0.2, 0.25) is 0 Å². The molecular weight excluding hydrogens is 707 g/mol. The summed E-state index contributed by atoms with van der Waals surface area (Å²) in [7, 11) is 0. The average molecular weight is 744 g/mol. The number of fused-ring (bicyclic) bond motifs is 10. The van der Waals surface area contributed by atoms with E-state index in [0.717, 1.165) is 62.6 Å². The first kappa shape index (κ1) is 33.0. The number of aromatic nitrogens is 3. The third-order valence-corrected chi connectivity index (χ3v) is 12.6. The molecule has 8 aromatic carbocycles. The number of nitrogens with zero attached hydrogens (tertiary/aromatic N) is 3. The maximum Gasteiger partial charge on any atom is 0.164 e. The molecular formula is C54H37N3O. The van der Waals surface area contributed by atoms with Crippen molar-refractivity contribution in [2.24, 2.45) is 0 Å². The second-order valence-corrected chi connectivity index (χ2v) is 16.3. The Morgan fingerprint density at radius 2 is 1.19 bits per heavy atom. The molecule has 0 aliphatic heterocycles. The van der Waals surface area contributed by atoms with E-state index in [1.807, 2.05) is 30.3 Å². The summed E-state index contributed by atoms with van der Waals surface area (Å²) in [4.78, 5) is 15.6. The van der Waals surface area contributed by atoms with Crippen molar-refractivity contribution in [2.45, 2.75) is 32.1 Å².